The van der Waals surface area contributed by atoms with Crippen molar-refractivity contribution in [3.05, 3.63) is 11.1 Å². The minimum atomic E-state index is -0.984. The van der Waals surface area contributed by atoms with Gasteiger partial charge in [0.25, 0.3) is 5.91 Å². The van der Waals surface area contributed by atoms with Crippen LogP contribution in [0.4, 0.5) is 3.89 Å². The van der Waals surface area contributed by atoms with Gasteiger partial charge in [-0.3, -0.25) is 10.0 Å². The summed E-state index contributed by atoms with van der Waals surface area (Å²) in [5.41, 5.74) is 0.938. The molecule has 0 aromatic rings. The van der Waals surface area contributed by atoms with Gasteiger partial charge in [-0.15, -0.1) is 0 Å². The van der Waals surface area contributed by atoms with E-state index in [-0.39, 0.29) is 12.1 Å². The molecule has 1 amide bonds. The summed E-state index contributed by atoms with van der Waals surface area (Å²) in [7, 11) is 1.58. The Morgan fingerprint density at radius 2 is 2.15 bits per heavy atom. The maximum Gasteiger partial charge on any atom is 0.254 e. The zero-order valence-electron chi connectivity index (χ0n) is 7.72. The number of carbonyl (C=O) groups is 1. The van der Waals surface area contributed by atoms with Gasteiger partial charge in [0, 0.05) is 18.2 Å². The fourth-order valence-electron chi connectivity index (χ4n) is 0.825. The predicted molar refractivity (Wildman–Crippen MR) is 49.6 cm³/mol. The number of rotatable bonds is 4. The SMILES string of the molecule is CN/C(=C\SF)C(C)(C)C(=O)NO. The van der Waals surface area contributed by atoms with Crippen LogP contribution in [0.25, 0.3) is 0 Å². The molecular formula is C7H13FN2O2S. The monoisotopic (exact) mass is 208 g/mol. The van der Waals surface area contributed by atoms with Crippen molar-refractivity contribution in [3.8, 4) is 0 Å². The molecule has 0 heterocycles. The number of nitrogens with one attached hydrogen (secondary N) is 2. The van der Waals surface area contributed by atoms with Crippen molar-refractivity contribution < 1.29 is 13.9 Å². The molecule has 0 unspecified atom stereocenters. The minimum Gasteiger partial charge on any atom is -0.390 e. The summed E-state index contributed by atoms with van der Waals surface area (Å²) in [6.45, 7) is 3.13. The minimum absolute atomic E-state index is 0.00291. The van der Waals surface area contributed by atoms with Crippen molar-refractivity contribution >= 4 is 18.1 Å². The van der Waals surface area contributed by atoms with Crippen molar-refractivity contribution in [3.63, 3.8) is 0 Å². The van der Waals surface area contributed by atoms with Gasteiger partial charge in [0.1, 0.15) is 0 Å². The third-order valence-electron chi connectivity index (χ3n) is 1.77. The topological polar surface area (TPSA) is 61.4 Å². The summed E-state index contributed by atoms with van der Waals surface area (Å²) in [5.74, 6) is -0.595. The maximum absolute atomic E-state index is 11.9. The second kappa shape index (κ2) is 5.08. The summed E-state index contributed by atoms with van der Waals surface area (Å²) in [5, 5.41) is 12.3. The molecule has 0 rings (SSSR count). The third-order valence-corrected chi connectivity index (χ3v) is 2.10. The van der Waals surface area contributed by atoms with Crippen molar-refractivity contribution in [1.29, 1.82) is 0 Å². The first-order valence-corrected chi connectivity index (χ1v) is 4.39. The Morgan fingerprint density at radius 3 is 2.46 bits per heavy atom. The Labute approximate surface area is 80.8 Å². The average molecular weight is 208 g/mol. The molecule has 6 heteroatoms. The highest BCUT2D eigenvalue weighted by Gasteiger charge is 2.31. The highest BCUT2D eigenvalue weighted by atomic mass is 32.2. The lowest BCUT2D eigenvalue weighted by Crippen LogP contribution is -2.39. The molecular weight excluding hydrogens is 195 g/mol. The van der Waals surface area contributed by atoms with Crippen LogP contribution in [0.5, 0.6) is 0 Å². The quantitative estimate of drug-likeness (QED) is 0.480. The zero-order valence-corrected chi connectivity index (χ0v) is 8.54. The molecule has 0 aromatic heterocycles. The van der Waals surface area contributed by atoms with Crippen LogP contribution in [0, 0.1) is 5.41 Å². The van der Waals surface area contributed by atoms with E-state index in [9.17, 15) is 8.68 Å². The first-order valence-electron chi connectivity index (χ1n) is 3.61. The number of halogens is 1. The number of hydrogen-bond acceptors (Lipinski definition) is 4. The van der Waals surface area contributed by atoms with Gasteiger partial charge < -0.3 is 5.32 Å². The Bertz CT molecular complexity index is 219. The molecule has 0 fully saturated rings. The van der Waals surface area contributed by atoms with Crippen LogP contribution >= 0.6 is 12.1 Å². The van der Waals surface area contributed by atoms with Gasteiger partial charge >= 0.3 is 0 Å². The summed E-state index contributed by atoms with van der Waals surface area (Å²) in [4.78, 5) is 11.1. The number of hydroxylamine groups is 1. The highest BCUT2D eigenvalue weighted by molar-refractivity contribution is 7.97. The molecule has 4 nitrogen and oxygen atoms in total. The largest absolute Gasteiger partial charge is 0.390 e. The number of hydrogen-bond donors (Lipinski definition) is 3. The van der Waals surface area contributed by atoms with Crippen molar-refractivity contribution in [2.75, 3.05) is 7.05 Å². The third kappa shape index (κ3) is 2.89. The van der Waals surface area contributed by atoms with E-state index in [1.54, 1.807) is 20.9 Å². The van der Waals surface area contributed by atoms with Gasteiger partial charge in [-0.2, -0.15) is 3.89 Å². The first-order chi connectivity index (χ1) is 6.00. The molecule has 0 saturated carbocycles. The Morgan fingerprint density at radius 1 is 1.62 bits per heavy atom. The molecule has 0 aliphatic carbocycles. The van der Waals surface area contributed by atoms with E-state index in [4.69, 9.17) is 5.21 Å². The van der Waals surface area contributed by atoms with E-state index in [0.717, 1.165) is 0 Å². The molecule has 13 heavy (non-hydrogen) atoms. The zero-order chi connectivity index (χ0) is 10.5. The van der Waals surface area contributed by atoms with E-state index < -0.39 is 11.3 Å². The van der Waals surface area contributed by atoms with E-state index in [1.807, 2.05) is 0 Å². The van der Waals surface area contributed by atoms with E-state index in [1.165, 1.54) is 10.9 Å². The molecule has 3 N–H and O–H groups in total. The van der Waals surface area contributed by atoms with Gasteiger partial charge in [0.15, 0.2) is 0 Å². The maximum atomic E-state index is 11.9. The smallest absolute Gasteiger partial charge is 0.254 e. The van der Waals surface area contributed by atoms with E-state index in [0.29, 0.717) is 5.70 Å². The summed E-state index contributed by atoms with van der Waals surface area (Å²) >= 11 is 0.00291. The Kier molecular flexibility index (Phi) is 4.79. The molecule has 76 valence electrons. The van der Waals surface area contributed by atoms with Crippen LogP contribution in [0.15, 0.2) is 11.1 Å². The van der Waals surface area contributed by atoms with Gasteiger partial charge in [-0.05, 0) is 13.8 Å². The normalized spacial score (nSPS) is 12.5. The van der Waals surface area contributed by atoms with E-state index >= 15 is 0 Å². The Hall–Kier alpha value is -0.750. The second-order valence-corrected chi connectivity index (χ2v) is 3.35. The number of carbonyl (C=O) groups excluding carboxylic acids is 1. The standard InChI is InChI=1S/C7H13FN2O2S/c1-7(2,6(11)10-12)5(9-3)4-13-8/h4,9,12H,1-3H3,(H,10,11)/b5-4-. The Balaban J connectivity index is 4.77. The molecule has 0 spiro atoms. The van der Waals surface area contributed by atoms with Crippen LogP contribution in [0.3, 0.4) is 0 Å². The molecule has 0 aromatic carbocycles. The molecule has 0 aliphatic heterocycles. The molecule has 0 radical (unpaired) electrons. The van der Waals surface area contributed by atoms with Gasteiger partial charge in [-0.1, -0.05) is 0 Å². The number of amides is 1. The highest BCUT2D eigenvalue weighted by Crippen LogP contribution is 2.26. The van der Waals surface area contributed by atoms with E-state index in [2.05, 4.69) is 5.32 Å². The average Bonchev–Trinajstić information content (AvgIpc) is 2.12. The van der Waals surface area contributed by atoms with Crippen LogP contribution in [0.1, 0.15) is 13.8 Å². The summed E-state index contributed by atoms with van der Waals surface area (Å²) in [6.07, 6.45) is 0. The predicted octanol–water partition coefficient (Wildman–Crippen LogP) is 1.20. The van der Waals surface area contributed by atoms with Gasteiger partial charge in [-0.25, -0.2) is 5.48 Å². The fraction of sp³-hybridized carbons (Fsp3) is 0.571. The summed E-state index contributed by atoms with van der Waals surface area (Å²) < 4.78 is 11.9. The van der Waals surface area contributed by atoms with Gasteiger partial charge in [0.05, 0.1) is 17.6 Å². The van der Waals surface area contributed by atoms with Crippen molar-refractivity contribution in [2.45, 2.75) is 13.8 Å². The van der Waals surface area contributed by atoms with Crippen molar-refractivity contribution in [1.82, 2.24) is 10.8 Å². The lowest BCUT2D eigenvalue weighted by atomic mass is 9.89. The lowest BCUT2D eigenvalue weighted by Gasteiger charge is -2.24. The van der Waals surface area contributed by atoms with Crippen LogP contribution in [0.2, 0.25) is 0 Å². The van der Waals surface area contributed by atoms with Crippen LogP contribution in [-0.4, -0.2) is 18.2 Å². The summed E-state index contributed by atoms with van der Waals surface area (Å²) in [6, 6.07) is 0. The lowest BCUT2D eigenvalue weighted by molar-refractivity contribution is -0.136. The molecule has 0 aliphatic rings. The van der Waals surface area contributed by atoms with Crippen LogP contribution < -0.4 is 10.8 Å². The van der Waals surface area contributed by atoms with Crippen LogP contribution in [-0.2, 0) is 4.79 Å². The van der Waals surface area contributed by atoms with Gasteiger partial charge in [0.2, 0.25) is 0 Å². The van der Waals surface area contributed by atoms with Crippen molar-refractivity contribution in [2.24, 2.45) is 5.41 Å². The second-order valence-electron chi connectivity index (χ2n) is 2.94. The molecule has 0 bridgehead atoms. The first kappa shape index (κ1) is 12.2. The molecule has 0 atom stereocenters. The fourth-order valence-corrected chi connectivity index (χ4v) is 1.33. The molecule has 0 saturated heterocycles.